The van der Waals surface area contributed by atoms with Gasteiger partial charge in [0, 0.05) is 23.8 Å². The second-order valence-corrected chi connectivity index (χ2v) is 4.22. The predicted molar refractivity (Wildman–Crippen MR) is 67.5 cm³/mol. The average molecular weight is 224 g/mol. The maximum absolute atomic E-state index is 5.48. The zero-order chi connectivity index (χ0) is 12.1. The lowest BCUT2D eigenvalue weighted by Crippen LogP contribution is -2.22. The van der Waals surface area contributed by atoms with Gasteiger partial charge in [0.1, 0.15) is 0 Å². The molecule has 0 saturated heterocycles. The smallest absolute Gasteiger partial charge is 0.0644 e. The van der Waals surface area contributed by atoms with Crippen molar-refractivity contribution in [3.05, 3.63) is 17.0 Å². The van der Waals surface area contributed by atoms with Crippen LogP contribution in [-0.4, -0.2) is 22.9 Å². The van der Waals surface area contributed by atoms with Gasteiger partial charge in [-0.1, -0.05) is 0 Å². The first-order chi connectivity index (χ1) is 7.61. The van der Waals surface area contributed by atoms with Crippen molar-refractivity contribution in [3.63, 3.8) is 0 Å². The molecule has 1 aromatic heterocycles. The van der Waals surface area contributed by atoms with Gasteiger partial charge in [0.2, 0.25) is 0 Å². The maximum atomic E-state index is 5.48. The van der Waals surface area contributed by atoms with Gasteiger partial charge in [-0.25, -0.2) is 0 Å². The molecule has 4 nitrogen and oxygen atoms in total. The highest BCUT2D eigenvalue weighted by molar-refractivity contribution is 5.27. The van der Waals surface area contributed by atoms with Crippen molar-refractivity contribution in [2.24, 2.45) is 5.73 Å². The van der Waals surface area contributed by atoms with Crippen molar-refractivity contribution in [1.29, 1.82) is 0 Å². The van der Waals surface area contributed by atoms with Crippen molar-refractivity contribution < 1.29 is 0 Å². The summed E-state index contributed by atoms with van der Waals surface area (Å²) in [5.41, 5.74) is 9.22. The van der Waals surface area contributed by atoms with Crippen molar-refractivity contribution in [2.45, 2.75) is 46.7 Å². The van der Waals surface area contributed by atoms with Crippen molar-refractivity contribution in [3.8, 4) is 0 Å². The molecular formula is C12H24N4. The highest BCUT2D eigenvalue weighted by Crippen LogP contribution is 2.21. The van der Waals surface area contributed by atoms with Crippen LogP contribution in [0.2, 0.25) is 0 Å². The zero-order valence-electron chi connectivity index (χ0n) is 10.9. The topological polar surface area (TPSA) is 55.9 Å². The van der Waals surface area contributed by atoms with E-state index in [-0.39, 0.29) is 0 Å². The molecule has 0 aliphatic carbocycles. The van der Waals surface area contributed by atoms with E-state index in [4.69, 9.17) is 5.73 Å². The number of rotatable bonds is 6. The van der Waals surface area contributed by atoms with Gasteiger partial charge >= 0.3 is 0 Å². The number of aromatic nitrogens is 2. The Balaban J connectivity index is 2.74. The number of nitrogens with zero attached hydrogens (tertiary/aromatic N) is 2. The van der Waals surface area contributed by atoms with Crippen LogP contribution in [0.25, 0.3) is 0 Å². The third kappa shape index (κ3) is 2.83. The van der Waals surface area contributed by atoms with Crippen molar-refractivity contribution >= 4 is 0 Å². The van der Waals surface area contributed by atoms with E-state index < -0.39 is 0 Å². The summed E-state index contributed by atoms with van der Waals surface area (Å²) in [6.07, 6.45) is 1.02. The molecule has 0 bridgehead atoms. The fourth-order valence-electron chi connectivity index (χ4n) is 2.17. The zero-order valence-corrected chi connectivity index (χ0v) is 10.9. The fourth-order valence-corrected chi connectivity index (χ4v) is 2.17. The third-order valence-corrected chi connectivity index (χ3v) is 3.00. The number of hydrogen-bond donors (Lipinski definition) is 2. The molecule has 0 aliphatic heterocycles. The quantitative estimate of drug-likeness (QED) is 0.720. The first-order valence-electron chi connectivity index (χ1n) is 6.09. The van der Waals surface area contributed by atoms with E-state index >= 15 is 0 Å². The summed E-state index contributed by atoms with van der Waals surface area (Å²) in [5, 5.41) is 8.02. The number of nitrogens with two attached hydrogens (primary N) is 1. The first-order valence-corrected chi connectivity index (χ1v) is 6.09. The van der Waals surface area contributed by atoms with Crippen molar-refractivity contribution in [1.82, 2.24) is 15.1 Å². The van der Waals surface area contributed by atoms with Crippen LogP contribution in [0.4, 0.5) is 0 Å². The Labute approximate surface area is 98.2 Å². The van der Waals surface area contributed by atoms with E-state index in [0.717, 1.165) is 31.7 Å². The van der Waals surface area contributed by atoms with Crippen LogP contribution < -0.4 is 11.1 Å². The molecule has 92 valence electrons. The molecule has 0 radical (unpaired) electrons. The Bertz CT molecular complexity index is 330. The number of aryl methyl sites for hydroxylation is 2. The molecule has 3 N–H and O–H groups in total. The monoisotopic (exact) mass is 224 g/mol. The predicted octanol–water partition coefficient (Wildman–Crippen LogP) is 1.52. The summed E-state index contributed by atoms with van der Waals surface area (Å²) in [7, 11) is 0. The molecule has 1 rings (SSSR count). The molecule has 0 fully saturated rings. The Morgan fingerprint density at radius 1 is 1.44 bits per heavy atom. The van der Waals surface area contributed by atoms with E-state index in [1.807, 2.05) is 0 Å². The first kappa shape index (κ1) is 13.2. The molecule has 1 unspecified atom stereocenters. The van der Waals surface area contributed by atoms with Crippen LogP contribution in [0.5, 0.6) is 0 Å². The molecule has 0 saturated carbocycles. The molecule has 0 amide bonds. The van der Waals surface area contributed by atoms with Crippen LogP contribution in [0.1, 0.15) is 43.3 Å². The van der Waals surface area contributed by atoms with Crippen LogP contribution in [0.3, 0.4) is 0 Å². The highest BCUT2D eigenvalue weighted by Gasteiger charge is 2.15. The van der Waals surface area contributed by atoms with Crippen LogP contribution in [0, 0.1) is 13.8 Å². The van der Waals surface area contributed by atoms with Crippen molar-refractivity contribution in [2.75, 3.05) is 13.1 Å². The Morgan fingerprint density at radius 2 is 2.12 bits per heavy atom. The Hall–Kier alpha value is -0.870. The average Bonchev–Trinajstić information content (AvgIpc) is 2.54. The number of nitrogens with one attached hydrogen (secondary N) is 1. The van der Waals surface area contributed by atoms with Gasteiger partial charge in [0.25, 0.3) is 0 Å². The third-order valence-electron chi connectivity index (χ3n) is 3.00. The summed E-state index contributed by atoms with van der Waals surface area (Å²) >= 11 is 0. The molecule has 0 aromatic carbocycles. The molecular weight excluding hydrogens is 200 g/mol. The normalized spacial score (nSPS) is 13.1. The van der Waals surface area contributed by atoms with E-state index in [2.05, 4.69) is 42.8 Å². The lowest BCUT2D eigenvalue weighted by molar-refractivity contribution is 0.555. The molecule has 4 heteroatoms. The van der Waals surface area contributed by atoms with Gasteiger partial charge < -0.3 is 11.1 Å². The lowest BCUT2D eigenvalue weighted by atomic mass is 10.1. The maximum Gasteiger partial charge on any atom is 0.0644 e. The molecule has 1 heterocycles. The molecule has 0 aliphatic rings. The number of hydrogen-bond acceptors (Lipinski definition) is 3. The molecule has 1 atom stereocenters. The van der Waals surface area contributed by atoms with E-state index in [1.54, 1.807) is 0 Å². The minimum absolute atomic E-state index is 0.354. The summed E-state index contributed by atoms with van der Waals surface area (Å²) in [6.45, 7) is 11.2. The van der Waals surface area contributed by atoms with E-state index in [0.29, 0.717) is 6.04 Å². The van der Waals surface area contributed by atoms with Gasteiger partial charge in [0.05, 0.1) is 5.69 Å². The largest absolute Gasteiger partial charge is 0.330 e. The lowest BCUT2D eigenvalue weighted by Gasteiger charge is -2.14. The second kappa shape index (κ2) is 6.01. The Kier molecular flexibility index (Phi) is 4.96. The van der Waals surface area contributed by atoms with Crippen LogP contribution >= 0.6 is 0 Å². The van der Waals surface area contributed by atoms with E-state index in [1.165, 1.54) is 11.3 Å². The summed E-state index contributed by atoms with van der Waals surface area (Å²) in [4.78, 5) is 0. The molecule has 1 aromatic rings. The minimum atomic E-state index is 0.354. The van der Waals surface area contributed by atoms with Gasteiger partial charge in [-0.2, -0.15) is 5.10 Å². The van der Waals surface area contributed by atoms with E-state index in [9.17, 15) is 0 Å². The molecule has 0 spiro atoms. The second-order valence-electron chi connectivity index (χ2n) is 4.22. The minimum Gasteiger partial charge on any atom is -0.330 e. The van der Waals surface area contributed by atoms with Gasteiger partial charge in [0.15, 0.2) is 0 Å². The highest BCUT2D eigenvalue weighted by atomic mass is 15.3. The summed E-state index contributed by atoms with van der Waals surface area (Å²) < 4.78 is 2.06. The fraction of sp³-hybridized carbons (Fsp3) is 0.750. The SMILES string of the molecule is CCn1nc(C)c(C(C)NCCCN)c1C. The molecule has 16 heavy (non-hydrogen) atoms. The summed E-state index contributed by atoms with van der Waals surface area (Å²) in [6, 6.07) is 0.354. The van der Waals surface area contributed by atoms with Gasteiger partial charge in [-0.3, -0.25) is 4.68 Å². The van der Waals surface area contributed by atoms with Crippen LogP contribution in [-0.2, 0) is 6.54 Å². The van der Waals surface area contributed by atoms with Gasteiger partial charge in [-0.05, 0) is 47.2 Å². The van der Waals surface area contributed by atoms with Crippen LogP contribution in [0.15, 0.2) is 0 Å². The summed E-state index contributed by atoms with van der Waals surface area (Å²) in [5.74, 6) is 0. The Morgan fingerprint density at radius 3 is 2.62 bits per heavy atom. The van der Waals surface area contributed by atoms with Gasteiger partial charge in [-0.15, -0.1) is 0 Å². The standard InChI is InChI=1S/C12H24N4/c1-5-16-11(4)12(10(3)15-16)9(2)14-8-6-7-13/h9,14H,5-8,13H2,1-4H3.